The molecule has 1 rings (SSSR count). The van der Waals surface area contributed by atoms with Crippen LogP contribution in [0.5, 0.6) is 0 Å². The van der Waals surface area contributed by atoms with Crippen LogP contribution >= 0.6 is 0 Å². The van der Waals surface area contributed by atoms with Gasteiger partial charge in [0, 0.05) is 20.3 Å². The Labute approximate surface area is 128 Å². The van der Waals surface area contributed by atoms with Crippen molar-refractivity contribution in [3.05, 3.63) is 35.4 Å². The zero-order valence-corrected chi connectivity index (χ0v) is 12.5. The maximum Gasteiger partial charge on any atom is 0.416 e. The number of oxime groups is 1. The molecule has 0 bridgehead atoms. The number of halogens is 3. The van der Waals surface area contributed by atoms with Gasteiger partial charge in [0.25, 0.3) is 0 Å². The minimum absolute atomic E-state index is 0.266. The van der Waals surface area contributed by atoms with Gasteiger partial charge in [0.15, 0.2) is 0 Å². The van der Waals surface area contributed by atoms with Crippen LogP contribution in [0.3, 0.4) is 0 Å². The SMILES string of the molecule is [11CH3]OCCCCC(=NOCCN)c1ccc(C(F)(F)F)cc1. The Morgan fingerprint density at radius 3 is 2.36 bits per heavy atom. The predicted octanol–water partition coefficient (Wildman–Crippen LogP) is 3.20. The Bertz CT molecular complexity index is 459. The third kappa shape index (κ3) is 6.44. The molecule has 1 aromatic carbocycles. The molecule has 124 valence electrons. The molecular formula is C15H21F3N2O2. The molecule has 0 fully saturated rings. The molecule has 0 aliphatic rings. The number of hydrogen-bond acceptors (Lipinski definition) is 4. The van der Waals surface area contributed by atoms with E-state index in [1.807, 2.05) is 0 Å². The van der Waals surface area contributed by atoms with Crippen molar-refractivity contribution in [3.63, 3.8) is 0 Å². The van der Waals surface area contributed by atoms with E-state index in [0.717, 1.165) is 25.0 Å². The first-order valence-electron chi connectivity index (χ1n) is 7.04. The number of ether oxygens (including phenoxy) is 1. The second-order valence-electron chi connectivity index (χ2n) is 4.68. The zero-order chi connectivity index (χ0) is 16.4. The highest BCUT2D eigenvalue weighted by Gasteiger charge is 2.30. The summed E-state index contributed by atoms with van der Waals surface area (Å²) in [5, 5.41) is 3.99. The first-order valence-corrected chi connectivity index (χ1v) is 7.04. The summed E-state index contributed by atoms with van der Waals surface area (Å²) in [6.45, 7) is 1.22. The Hall–Kier alpha value is -1.60. The number of nitrogens with zero attached hydrogens (tertiary/aromatic N) is 1. The monoisotopic (exact) mass is 317 g/mol. The molecule has 7 heteroatoms. The molecular weight excluding hydrogens is 296 g/mol. The smallest absolute Gasteiger partial charge is 0.394 e. The van der Waals surface area contributed by atoms with Crippen LogP contribution in [0.4, 0.5) is 13.2 Å². The van der Waals surface area contributed by atoms with Gasteiger partial charge in [-0.25, -0.2) is 0 Å². The number of unbranched alkanes of at least 4 members (excludes halogenated alkanes) is 1. The first-order chi connectivity index (χ1) is 10.5. The van der Waals surface area contributed by atoms with E-state index in [1.165, 1.54) is 12.1 Å². The molecule has 0 unspecified atom stereocenters. The van der Waals surface area contributed by atoms with Crippen molar-refractivity contribution in [1.82, 2.24) is 0 Å². The predicted molar refractivity (Wildman–Crippen MR) is 78.7 cm³/mol. The van der Waals surface area contributed by atoms with Gasteiger partial charge in [-0.05, 0) is 37.0 Å². The summed E-state index contributed by atoms with van der Waals surface area (Å²) in [5.41, 5.74) is 5.87. The molecule has 0 radical (unpaired) electrons. The second kappa shape index (κ2) is 9.42. The molecule has 1 aromatic rings. The van der Waals surface area contributed by atoms with E-state index in [2.05, 4.69) is 5.16 Å². The molecule has 0 heterocycles. The normalized spacial score (nSPS) is 12.5. The van der Waals surface area contributed by atoms with E-state index in [-0.39, 0.29) is 6.61 Å². The summed E-state index contributed by atoms with van der Waals surface area (Å²) >= 11 is 0. The van der Waals surface area contributed by atoms with E-state index < -0.39 is 11.7 Å². The average molecular weight is 317 g/mol. The topological polar surface area (TPSA) is 56.8 Å². The van der Waals surface area contributed by atoms with E-state index in [9.17, 15) is 13.2 Å². The van der Waals surface area contributed by atoms with Gasteiger partial charge < -0.3 is 15.3 Å². The largest absolute Gasteiger partial charge is 0.416 e. The first kappa shape index (κ1) is 18.4. The second-order valence-corrected chi connectivity index (χ2v) is 4.68. The van der Waals surface area contributed by atoms with E-state index in [0.29, 0.717) is 30.8 Å². The number of benzene rings is 1. The summed E-state index contributed by atoms with van der Waals surface area (Å²) < 4.78 is 42.7. The molecule has 0 aliphatic carbocycles. The van der Waals surface area contributed by atoms with Crippen molar-refractivity contribution in [2.45, 2.75) is 25.4 Å². The fourth-order valence-corrected chi connectivity index (χ4v) is 1.81. The molecule has 0 aliphatic heterocycles. The van der Waals surface area contributed by atoms with Gasteiger partial charge in [0.2, 0.25) is 0 Å². The Morgan fingerprint density at radius 2 is 1.82 bits per heavy atom. The molecule has 0 saturated carbocycles. The van der Waals surface area contributed by atoms with Crippen molar-refractivity contribution >= 4 is 5.71 Å². The molecule has 22 heavy (non-hydrogen) atoms. The van der Waals surface area contributed by atoms with Gasteiger partial charge in [-0.1, -0.05) is 17.3 Å². The molecule has 0 atom stereocenters. The van der Waals surface area contributed by atoms with Crippen LogP contribution < -0.4 is 5.73 Å². The van der Waals surface area contributed by atoms with E-state index >= 15 is 0 Å². The van der Waals surface area contributed by atoms with Crippen molar-refractivity contribution in [1.29, 1.82) is 0 Å². The third-order valence-electron chi connectivity index (χ3n) is 2.94. The lowest BCUT2D eigenvalue weighted by atomic mass is 10.0. The summed E-state index contributed by atoms with van der Waals surface area (Å²) in [4.78, 5) is 5.06. The highest BCUT2D eigenvalue weighted by molar-refractivity contribution is 6.00. The lowest BCUT2D eigenvalue weighted by Crippen LogP contribution is -2.09. The van der Waals surface area contributed by atoms with Gasteiger partial charge in [-0.2, -0.15) is 13.2 Å². The van der Waals surface area contributed by atoms with E-state index in [1.54, 1.807) is 7.11 Å². The Balaban J connectivity index is 2.78. The van der Waals surface area contributed by atoms with Crippen LogP contribution in [0.2, 0.25) is 0 Å². The fourth-order valence-electron chi connectivity index (χ4n) is 1.81. The Morgan fingerprint density at radius 1 is 1.14 bits per heavy atom. The fraction of sp³-hybridized carbons (Fsp3) is 0.533. The minimum Gasteiger partial charge on any atom is -0.394 e. The van der Waals surface area contributed by atoms with Gasteiger partial charge in [0.05, 0.1) is 11.3 Å². The Kier molecular flexibility index (Phi) is 7.90. The van der Waals surface area contributed by atoms with Gasteiger partial charge >= 0.3 is 6.18 Å². The van der Waals surface area contributed by atoms with Crippen LogP contribution in [-0.4, -0.2) is 32.6 Å². The summed E-state index contributed by atoms with van der Waals surface area (Å²) in [7, 11) is 1.62. The van der Waals surface area contributed by atoms with Crippen LogP contribution in [0, 0.1) is 0 Å². The maximum absolute atomic E-state index is 12.6. The summed E-state index contributed by atoms with van der Waals surface area (Å²) in [6, 6.07) is 4.90. The van der Waals surface area contributed by atoms with Crippen molar-refractivity contribution in [2.75, 3.05) is 26.9 Å². The highest BCUT2D eigenvalue weighted by atomic mass is 19.4. The number of methoxy groups -OCH3 is 1. The zero-order valence-electron chi connectivity index (χ0n) is 12.5. The molecule has 0 spiro atoms. The quantitative estimate of drug-likeness (QED) is 0.432. The van der Waals surface area contributed by atoms with Gasteiger partial charge in [-0.15, -0.1) is 0 Å². The number of nitrogens with two attached hydrogens (primary N) is 1. The van der Waals surface area contributed by atoms with Gasteiger partial charge in [0.1, 0.15) is 6.61 Å². The third-order valence-corrected chi connectivity index (χ3v) is 2.94. The standard InChI is InChI=1S/C15H21F3N2O2/c1-21-10-3-2-4-14(20-22-11-9-19)12-5-7-13(8-6-12)15(16,17)18/h5-8H,2-4,9-11,19H2,1H3/i1-1. The van der Waals surface area contributed by atoms with Crippen molar-refractivity contribution < 1.29 is 22.7 Å². The van der Waals surface area contributed by atoms with E-state index in [4.69, 9.17) is 15.3 Å². The average Bonchev–Trinajstić information content (AvgIpc) is 2.49. The summed E-state index contributed by atoms with van der Waals surface area (Å²) in [5.74, 6) is 0. The highest BCUT2D eigenvalue weighted by Crippen LogP contribution is 2.29. The molecule has 4 nitrogen and oxygen atoms in total. The van der Waals surface area contributed by atoms with Crippen LogP contribution in [-0.2, 0) is 15.8 Å². The number of hydrogen-bond donors (Lipinski definition) is 1. The van der Waals surface area contributed by atoms with Crippen molar-refractivity contribution in [3.8, 4) is 0 Å². The number of alkyl halides is 3. The molecule has 0 amide bonds. The lowest BCUT2D eigenvalue weighted by molar-refractivity contribution is -0.137. The van der Waals surface area contributed by atoms with Crippen LogP contribution in [0.1, 0.15) is 30.4 Å². The molecule has 2 N–H and O–H groups in total. The lowest BCUT2D eigenvalue weighted by Gasteiger charge is -2.10. The minimum atomic E-state index is -4.34. The van der Waals surface area contributed by atoms with Crippen LogP contribution in [0.25, 0.3) is 0 Å². The maximum atomic E-state index is 12.6. The summed E-state index contributed by atoms with van der Waals surface area (Å²) in [6.07, 6.45) is -2.10. The number of rotatable bonds is 9. The van der Waals surface area contributed by atoms with Crippen molar-refractivity contribution in [2.24, 2.45) is 10.9 Å². The van der Waals surface area contributed by atoms with Gasteiger partial charge in [-0.3, -0.25) is 0 Å². The molecule has 0 aromatic heterocycles. The van der Waals surface area contributed by atoms with Crippen LogP contribution in [0.15, 0.2) is 29.4 Å². The molecule has 0 saturated heterocycles.